The van der Waals surface area contributed by atoms with E-state index >= 15 is 0 Å². The van der Waals surface area contributed by atoms with Crippen LogP contribution in [0.4, 0.5) is 0 Å². The smallest absolute Gasteiger partial charge is 0.312 e. The summed E-state index contributed by atoms with van der Waals surface area (Å²) in [5.74, 6) is -0.330. The molecule has 2 atom stereocenters. The molecule has 1 fully saturated rings. The third-order valence-corrected chi connectivity index (χ3v) is 4.26. The Morgan fingerprint density at radius 3 is 2.73 bits per heavy atom. The molecule has 0 spiro atoms. The number of rotatable bonds is 7. The zero-order valence-corrected chi connectivity index (χ0v) is 13.5. The molecule has 0 bridgehead atoms. The molecule has 0 aliphatic carbocycles. The lowest BCUT2D eigenvalue weighted by Gasteiger charge is -2.39. The van der Waals surface area contributed by atoms with E-state index in [9.17, 15) is 10.0 Å². The Labute approximate surface area is 132 Å². The SMILES string of the molecule is CCCCOCCN1CC(c2ccccc2)[N+]([O-])(C(C)=O)C1. The van der Waals surface area contributed by atoms with Gasteiger partial charge in [-0.25, -0.2) is 9.69 Å². The summed E-state index contributed by atoms with van der Waals surface area (Å²) in [6.07, 6.45) is 2.17. The van der Waals surface area contributed by atoms with Crippen LogP contribution in [0.3, 0.4) is 0 Å². The van der Waals surface area contributed by atoms with Crippen LogP contribution in [-0.4, -0.2) is 48.4 Å². The van der Waals surface area contributed by atoms with Gasteiger partial charge in [-0.3, -0.25) is 4.65 Å². The summed E-state index contributed by atoms with van der Waals surface area (Å²) in [5.41, 5.74) is 0.933. The first-order valence-corrected chi connectivity index (χ1v) is 8.03. The Bertz CT molecular complexity index is 480. The number of nitrogens with zero attached hydrogens (tertiary/aromatic N) is 2. The summed E-state index contributed by atoms with van der Waals surface area (Å²) in [6, 6.07) is 9.27. The number of carbonyl (C=O) groups excluding carboxylic acids is 1. The molecule has 1 aromatic rings. The zero-order chi connectivity index (χ0) is 16.0. The Morgan fingerprint density at radius 1 is 1.36 bits per heavy atom. The number of benzene rings is 1. The fourth-order valence-corrected chi connectivity index (χ4v) is 2.87. The monoisotopic (exact) mass is 306 g/mol. The Balaban J connectivity index is 1.99. The van der Waals surface area contributed by atoms with Crippen LogP contribution in [0.1, 0.15) is 38.3 Å². The number of amides is 1. The molecule has 2 unspecified atom stereocenters. The molecule has 1 heterocycles. The molecular weight excluding hydrogens is 280 g/mol. The van der Waals surface area contributed by atoms with E-state index in [2.05, 4.69) is 6.92 Å². The van der Waals surface area contributed by atoms with Gasteiger partial charge in [0.05, 0.1) is 20.1 Å². The van der Waals surface area contributed by atoms with E-state index in [0.717, 1.165) is 25.0 Å². The maximum Gasteiger partial charge on any atom is 0.312 e. The first-order valence-electron chi connectivity index (χ1n) is 8.03. The summed E-state index contributed by atoms with van der Waals surface area (Å²) in [5, 5.41) is 13.0. The molecule has 0 aromatic heterocycles. The maximum atomic E-state index is 13.0. The van der Waals surface area contributed by atoms with Gasteiger partial charge in [0.2, 0.25) is 0 Å². The van der Waals surface area contributed by atoms with Gasteiger partial charge < -0.3 is 9.94 Å². The summed E-state index contributed by atoms with van der Waals surface area (Å²) in [7, 11) is 0. The Hall–Kier alpha value is -1.27. The molecule has 2 rings (SSSR count). The van der Waals surface area contributed by atoms with Crippen LogP contribution in [-0.2, 0) is 9.53 Å². The fraction of sp³-hybridized carbons (Fsp3) is 0.588. The van der Waals surface area contributed by atoms with Crippen molar-refractivity contribution in [1.29, 1.82) is 0 Å². The van der Waals surface area contributed by atoms with Crippen LogP contribution >= 0.6 is 0 Å². The van der Waals surface area contributed by atoms with Gasteiger partial charge in [-0.05, 0) is 6.42 Å². The van der Waals surface area contributed by atoms with Crippen molar-refractivity contribution in [3.63, 3.8) is 0 Å². The Kier molecular flexibility index (Phi) is 6.08. The molecule has 5 heteroatoms. The van der Waals surface area contributed by atoms with E-state index in [1.54, 1.807) is 0 Å². The third kappa shape index (κ3) is 3.93. The predicted octanol–water partition coefficient (Wildman–Crippen LogP) is 2.68. The van der Waals surface area contributed by atoms with Crippen LogP contribution in [0.5, 0.6) is 0 Å². The van der Waals surface area contributed by atoms with Crippen molar-refractivity contribution in [3.05, 3.63) is 41.1 Å². The summed E-state index contributed by atoms with van der Waals surface area (Å²) < 4.78 is 4.78. The lowest BCUT2D eigenvalue weighted by molar-refractivity contribution is -0.826. The first-order chi connectivity index (χ1) is 10.6. The predicted molar refractivity (Wildman–Crippen MR) is 85.7 cm³/mol. The second-order valence-corrected chi connectivity index (χ2v) is 5.93. The van der Waals surface area contributed by atoms with Gasteiger partial charge in [-0.2, -0.15) is 0 Å². The van der Waals surface area contributed by atoms with E-state index < -0.39 is 4.65 Å². The highest BCUT2D eigenvalue weighted by Crippen LogP contribution is 2.34. The van der Waals surface area contributed by atoms with Gasteiger partial charge in [0.15, 0.2) is 0 Å². The minimum absolute atomic E-state index is 0.214. The highest BCUT2D eigenvalue weighted by molar-refractivity contribution is 5.66. The Morgan fingerprint density at radius 2 is 2.09 bits per heavy atom. The summed E-state index contributed by atoms with van der Waals surface area (Å²) in [6.45, 7) is 6.41. The van der Waals surface area contributed by atoms with Crippen molar-refractivity contribution >= 4 is 5.91 Å². The minimum Gasteiger partial charge on any atom is -0.624 e. The van der Waals surface area contributed by atoms with E-state index in [1.165, 1.54) is 6.92 Å². The molecule has 0 radical (unpaired) electrons. The van der Waals surface area contributed by atoms with E-state index in [1.807, 2.05) is 35.2 Å². The third-order valence-electron chi connectivity index (χ3n) is 4.26. The zero-order valence-electron chi connectivity index (χ0n) is 13.5. The van der Waals surface area contributed by atoms with E-state index in [0.29, 0.717) is 19.7 Å². The molecule has 22 heavy (non-hydrogen) atoms. The number of quaternary nitrogens is 1. The van der Waals surface area contributed by atoms with Gasteiger partial charge in [-0.15, -0.1) is 0 Å². The van der Waals surface area contributed by atoms with E-state index in [4.69, 9.17) is 4.74 Å². The van der Waals surface area contributed by atoms with Gasteiger partial charge in [0.25, 0.3) is 0 Å². The molecule has 1 aliphatic heterocycles. The number of unbranched alkanes of at least 4 members (excludes halogenated alkanes) is 1. The average molecular weight is 306 g/mol. The molecule has 1 amide bonds. The van der Waals surface area contributed by atoms with E-state index in [-0.39, 0.29) is 18.6 Å². The highest BCUT2D eigenvalue weighted by Gasteiger charge is 2.43. The van der Waals surface area contributed by atoms with Crippen molar-refractivity contribution in [2.45, 2.75) is 32.7 Å². The second kappa shape index (κ2) is 7.83. The lowest BCUT2D eigenvalue weighted by Crippen LogP contribution is -2.47. The van der Waals surface area contributed by atoms with Crippen molar-refractivity contribution in [2.24, 2.45) is 0 Å². The summed E-state index contributed by atoms with van der Waals surface area (Å²) >= 11 is 0. The summed E-state index contributed by atoms with van der Waals surface area (Å²) in [4.78, 5) is 14.0. The van der Waals surface area contributed by atoms with Crippen LogP contribution in [0.15, 0.2) is 30.3 Å². The fourth-order valence-electron chi connectivity index (χ4n) is 2.87. The van der Waals surface area contributed by atoms with Crippen LogP contribution in [0.2, 0.25) is 0 Å². The van der Waals surface area contributed by atoms with Gasteiger partial charge in [0, 0.05) is 18.7 Å². The van der Waals surface area contributed by atoms with Crippen LogP contribution < -0.4 is 0 Å². The van der Waals surface area contributed by atoms with Gasteiger partial charge in [-0.1, -0.05) is 43.7 Å². The normalized spacial score (nSPS) is 25.5. The largest absolute Gasteiger partial charge is 0.624 e. The molecule has 1 aliphatic rings. The molecule has 1 aromatic carbocycles. The number of hydrogen-bond acceptors (Lipinski definition) is 4. The minimum atomic E-state index is -0.793. The molecule has 1 saturated heterocycles. The highest BCUT2D eigenvalue weighted by atomic mass is 16.6. The molecule has 0 N–H and O–H groups in total. The number of carbonyl (C=O) groups is 1. The van der Waals surface area contributed by atoms with Crippen LogP contribution in [0.25, 0.3) is 0 Å². The number of hydroxylamine groups is 3. The van der Waals surface area contributed by atoms with Crippen molar-refractivity contribution in [1.82, 2.24) is 4.90 Å². The van der Waals surface area contributed by atoms with Crippen molar-refractivity contribution in [2.75, 3.05) is 33.0 Å². The van der Waals surface area contributed by atoms with Gasteiger partial charge >= 0.3 is 5.91 Å². The maximum absolute atomic E-state index is 13.0. The molecular formula is C17H26N2O3. The van der Waals surface area contributed by atoms with Gasteiger partial charge in [0.1, 0.15) is 12.7 Å². The standard InChI is InChI=1S/C17H26N2O3/c1-3-4-11-22-12-10-18-13-17(16-8-6-5-7-9-16)19(21,14-18)15(2)20/h5-9,17H,3-4,10-14H2,1-2H3. The first kappa shape index (κ1) is 17.1. The molecule has 0 saturated carbocycles. The topological polar surface area (TPSA) is 52.6 Å². The van der Waals surface area contributed by atoms with Crippen LogP contribution in [0, 0.1) is 5.21 Å². The van der Waals surface area contributed by atoms with Crippen molar-refractivity contribution in [3.8, 4) is 0 Å². The second-order valence-electron chi connectivity index (χ2n) is 5.93. The average Bonchev–Trinajstić information content (AvgIpc) is 2.86. The lowest BCUT2D eigenvalue weighted by atomic mass is 10.1. The number of ether oxygens (including phenoxy) is 1. The molecule has 5 nitrogen and oxygen atoms in total. The van der Waals surface area contributed by atoms with Crippen molar-refractivity contribution < 1.29 is 14.2 Å². The number of hydrogen-bond donors (Lipinski definition) is 0. The quantitative estimate of drug-likeness (QED) is 0.441. The molecule has 122 valence electrons.